The molecule has 2 N–H and O–H groups in total. The molecule has 1 aliphatic rings. The monoisotopic (exact) mass is 332 g/mol. The summed E-state index contributed by atoms with van der Waals surface area (Å²) < 4.78 is 0.832. The first-order valence-corrected chi connectivity index (χ1v) is 7.17. The number of rotatable bonds is 4. The Hall–Kier alpha value is -1.95. The molecule has 0 spiro atoms. The van der Waals surface area contributed by atoms with Crippen molar-refractivity contribution in [3.63, 3.8) is 0 Å². The van der Waals surface area contributed by atoms with Gasteiger partial charge in [-0.1, -0.05) is 12.1 Å². The van der Waals surface area contributed by atoms with Gasteiger partial charge in [0.15, 0.2) is 0 Å². The van der Waals surface area contributed by atoms with Crippen molar-refractivity contribution in [2.24, 2.45) is 0 Å². The predicted molar refractivity (Wildman–Crippen MR) is 80.8 cm³/mol. The van der Waals surface area contributed by atoms with Gasteiger partial charge in [-0.05, 0) is 47.0 Å². The number of hydrogen-bond acceptors (Lipinski definition) is 4. The highest BCUT2D eigenvalue weighted by molar-refractivity contribution is 9.10. The van der Waals surface area contributed by atoms with Crippen molar-refractivity contribution < 1.29 is 4.79 Å². The van der Waals surface area contributed by atoms with E-state index in [0.29, 0.717) is 23.4 Å². The normalized spacial score (nSPS) is 13.8. The van der Waals surface area contributed by atoms with Crippen LogP contribution in [0.5, 0.6) is 0 Å². The van der Waals surface area contributed by atoms with E-state index in [1.54, 1.807) is 12.3 Å². The smallest absolute Gasteiger partial charge is 0.274 e. The molecule has 0 radical (unpaired) electrons. The summed E-state index contributed by atoms with van der Waals surface area (Å²) in [6.07, 6.45) is 3.86. The number of aromatic nitrogens is 2. The van der Waals surface area contributed by atoms with Crippen molar-refractivity contribution in [2.45, 2.75) is 18.9 Å². The van der Waals surface area contributed by atoms with Crippen LogP contribution in [0.2, 0.25) is 0 Å². The van der Waals surface area contributed by atoms with Crippen LogP contribution in [0.15, 0.2) is 41.0 Å². The first-order chi connectivity index (χ1) is 9.72. The van der Waals surface area contributed by atoms with Gasteiger partial charge in [0.25, 0.3) is 5.91 Å². The summed E-state index contributed by atoms with van der Waals surface area (Å²) in [4.78, 5) is 20.5. The van der Waals surface area contributed by atoms with E-state index in [9.17, 15) is 4.79 Å². The van der Waals surface area contributed by atoms with Crippen LogP contribution < -0.4 is 10.6 Å². The number of nitrogens with zero attached hydrogens (tertiary/aromatic N) is 2. The molecule has 1 aromatic heterocycles. The van der Waals surface area contributed by atoms with Crippen molar-refractivity contribution in [3.05, 3.63) is 46.7 Å². The Bertz CT molecular complexity index is 643. The van der Waals surface area contributed by atoms with Gasteiger partial charge in [0, 0.05) is 16.7 Å². The maximum absolute atomic E-state index is 12.2. The molecule has 0 aliphatic heterocycles. The van der Waals surface area contributed by atoms with E-state index in [1.165, 1.54) is 0 Å². The van der Waals surface area contributed by atoms with Gasteiger partial charge >= 0.3 is 0 Å². The van der Waals surface area contributed by atoms with Gasteiger partial charge in [0.05, 0.1) is 5.69 Å². The number of nitrogens with one attached hydrogen (secondary N) is 2. The second kappa shape index (κ2) is 5.58. The van der Waals surface area contributed by atoms with Crippen molar-refractivity contribution in [2.75, 3.05) is 10.6 Å². The first-order valence-electron chi connectivity index (χ1n) is 6.38. The number of benzene rings is 1. The molecule has 0 unspecified atom stereocenters. The van der Waals surface area contributed by atoms with Crippen molar-refractivity contribution in [1.82, 2.24) is 9.97 Å². The van der Waals surface area contributed by atoms with E-state index in [-0.39, 0.29) is 5.91 Å². The molecule has 0 bridgehead atoms. The predicted octanol–water partition coefficient (Wildman–Crippen LogP) is 3.07. The SMILES string of the molecule is O=C(Nc1ccccc1Br)c1ccnc(NC2CC2)n1. The van der Waals surface area contributed by atoms with Crippen LogP contribution in [0.1, 0.15) is 23.3 Å². The van der Waals surface area contributed by atoms with Crippen LogP contribution in [0.4, 0.5) is 11.6 Å². The standard InChI is InChI=1S/C14H13BrN4O/c15-10-3-1-2-4-11(10)18-13(20)12-7-8-16-14(19-12)17-9-5-6-9/h1-4,7-9H,5-6H2,(H,18,20)(H,16,17,19). The van der Waals surface area contributed by atoms with E-state index in [2.05, 4.69) is 36.5 Å². The van der Waals surface area contributed by atoms with Crippen molar-refractivity contribution in [1.29, 1.82) is 0 Å². The van der Waals surface area contributed by atoms with Gasteiger partial charge in [-0.2, -0.15) is 0 Å². The van der Waals surface area contributed by atoms with E-state index < -0.39 is 0 Å². The maximum atomic E-state index is 12.2. The van der Waals surface area contributed by atoms with Crippen LogP contribution in [0.25, 0.3) is 0 Å². The molecule has 102 valence electrons. The van der Waals surface area contributed by atoms with Crippen molar-refractivity contribution >= 4 is 33.5 Å². The minimum atomic E-state index is -0.252. The van der Waals surface area contributed by atoms with Crippen molar-refractivity contribution in [3.8, 4) is 0 Å². The summed E-state index contributed by atoms with van der Waals surface area (Å²) in [6, 6.07) is 9.51. The zero-order valence-corrected chi connectivity index (χ0v) is 12.2. The molecular weight excluding hydrogens is 320 g/mol. The summed E-state index contributed by atoms with van der Waals surface area (Å²) in [5.74, 6) is 0.255. The third kappa shape index (κ3) is 3.14. The highest BCUT2D eigenvalue weighted by Crippen LogP contribution is 2.23. The second-order valence-corrected chi connectivity index (χ2v) is 5.47. The van der Waals surface area contributed by atoms with Crippen LogP contribution in [-0.2, 0) is 0 Å². The van der Waals surface area contributed by atoms with Crippen LogP contribution in [0, 0.1) is 0 Å². The lowest BCUT2D eigenvalue weighted by Gasteiger charge is -2.08. The minimum Gasteiger partial charge on any atom is -0.351 e. The Labute approximate surface area is 125 Å². The molecule has 0 saturated heterocycles. The maximum Gasteiger partial charge on any atom is 0.274 e. The average Bonchev–Trinajstić information content (AvgIpc) is 3.25. The Kier molecular flexibility index (Phi) is 3.64. The van der Waals surface area contributed by atoms with Gasteiger partial charge in [-0.15, -0.1) is 0 Å². The fourth-order valence-electron chi connectivity index (χ4n) is 1.71. The van der Waals surface area contributed by atoms with E-state index in [4.69, 9.17) is 0 Å². The van der Waals surface area contributed by atoms with Crippen LogP contribution >= 0.6 is 15.9 Å². The number of carbonyl (C=O) groups excluding carboxylic acids is 1. The van der Waals surface area contributed by atoms with E-state index in [1.807, 2.05) is 24.3 Å². The molecule has 5 nitrogen and oxygen atoms in total. The first kappa shape index (κ1) is 13.1. The molecule has 1 amide bonds. The Balaban J connectivity index is 1.74. The zero-order valence-electron chi connectivity index (χ0n) is 10.6. The molecule has 1 aromatic carbocycles. The molecule has 2 aromatic rings. The molecule has 1 fully saturated rings. The molecule has 1 heterocycles. The number of hydrogen-bond donors (Lipinski definition) is 2. The molecule has 1 aliphatic carbocycles. The van der Waals surface area contributed by atoms with Gasteiger partial charge in [0.1, 0.15) is 5.69 Å². The third-order valence-corrected chi connectivity index (χ3v) is 3.61. The molecule has 0 atom stereocenters. The number of anilines is 2. The fourth-order valence-corrected chi connectivity index (χ4v) is 2.10. The Morgan fingerprint density at radius 2 is 2.05 bits per heavy atom. The zero-order chi connectivity index (χ0) is 13.9. The molecule has 3 rings (SSSR count). The molecule has 20 heavy (non-hydrogen) atoms. The summed E-state index contributed by atoms with van der Waals surface area (Å²) >= 11 is 3.39. The topological polar surface area (TPSA) is 66.9 Å². The van der Waals surface area contributed by atoms with Gasteiger partial charge < -0.3 is 10.6 Å². The summed E-state index contributed by atoms with van der Waals surface area (Å²) in [5.41, 5.74) is 1.06. The number of amides is 1. The Morgan fingerprint density at radius 3 is 2.80 bits per heavy atom. The minimum absolute atomic E-state index is 0.252. The molecular formula is C14H13BrN4O. The lowest BCUT2D eigenvalue weighted by atomic mass is 10.3. The average molecular weight is 333 g/mol. The van der Waals surface area contributed by atoms with Crippen LogP contribution in [0.3, 0.4) is 0 Å². The second-order valence-electron chi connectivity index (χ2n) is 4.62. The van der Waals surface area contributed by atoms with Crippen LogP contribution in [-0.4, -0.2) is 21.9 Å². The quantitative estimate of drug-likeness (QED) is 0.902. The third-order valence-electron chi connectivity index (χ3n) is 2.92. The highest BCUT2D eigenvalue weighted by atomic mass is 79.9. The lowest BCUT2D eigenvalue weighted by molar-refractivity contribution is 0.102. The number of carbonyl (C=O) groups is 1. The van der Waals surface area contributed by atoms with Gasteiger partial charge in [0.2, 0.25) is 5.95 Å². The van der Waals surface area contributed by atoms with E-state index in [0.717, 1.165) is 17.3 Å². The number of para-hydroxylation sites is 1. The summed E-state index contributed by atoms with van der Waals surface area (Å²) in [7, 11) is 0. The largest absolute Gasteiger partial charge is 0.351 e. The summed E-state index contributed by atoms with van der Waals surface area (Å²) in [6.45, 7) is 0. The molecule has 1 saturated carbocycles. The van der Waals surface area contributed by atoms with E-state index >= 15 is 0 Å². The lowest BCUT2D eigenvalue weighted by Crippen LogP contribution is -2.16. The Morgan fingerprint density at radius 1 is 1.25 bits per heavy atom. The summed E-state index contributed by atoms with van der Waals surface area (Å²) in [5, 5.41) is 5.99. The molecule has 6 heteroatoms. The van der Waals surface area contributed by atoms with Gasteiger partial charge in [-0.25, -0.2) is 9.97 Å². The number of halogens is 1. The fraction of sp³-hybridized carbons (Fsp3) is 0.214. The highest BCUT2D eigenvalue weighted by Gasteiger charge is 2.22. The van der Waals surface area contributed by atoms with Gasteiger partial charge in [-0.3, -0.25) is 4.79 Å².